The molecule has 0 radical (unpaired) electrons. The van der Waals surface area contributed by atoms with Crippen molar-refractivity contribution in [2.24, 2.45) is 0 Å². The van der Waals surface area contributed by atoms with Gasteiger partial charge in [0, 0.05) is 24.8 Å². The SMILES string of the molecule is CCOC(=O)CNC(=O)N1Cc2ccccc2N(C(=O)c2ccc(-c3ccccc3)cc2Cl)C[C@H]1C. The summed E-state index contributed by atoms with van der Waals surface area (Å²) in [5, 5.41) is 2.98. The lowest BCUT2D eigenvalue weighted by Gasteiger charge is -2.29. The van der Waals surface area contributed by atoms with E-state index in [1.807, 2.05) is 67.6 Å². The maximum absolute atomic E-state index is 13.8. The molecule has 1 N–H and O–H groups in total. The molecule has 0 saturated heterocycles. The maximum Gasteiger partial charge on any atom is 0.325 e. The fourth-order valence-electron chi connectivity index (χ4n) is 4.28. The topological polar surface area (TPSA) is 79.0 Å². The number of nitrogens with one attached hydrogen (secondary N) is 1. The van der Waals surface area contributed by atoms with Gasteiger partial charge in [0.25, 0.3) is 5.91 Å². The van der Waals surface area contributed by atoms with Gasteiger partial charge in [0.15, 0.2) is 0 Å². The van der Waals surface area contributed by atoms with Gasteiger partial charge in [0.2, 0.25) is 0 Å². The van der Waals surface area contributed by atoms with E-state index in [4.69, 9.17) is 16.3 Å². The largest absolute Gasteiger partial charge is 0.465 e. The van der Waals surface area contributed by atoms with Crippen LogP contribution >= 0.6 is 11.6 Å². The van der Waals surface area contributed by atoms with Crippen molar-refractivity contribution in [2.75, 3.05) is 24.6 Å². The Bertz CT molecular complexity index is 1260. The number of urea groups is 1. The molecule has 1 heterocycles. The number of para-hydroxylation sites is 1. The van der Waals surface area contributed by atoms with E-state index in [0.29, 0.717) is 10.6 Å². The van der Waals surface area contributed by atoms with Crippen LogP contribution in [0.3, 0.4) is 0 Å². The Morgan fingerprint density at radius 3 is 2.44 bits per heavy atom. The average molecular weight is 506 g/mol. The molecule has 3 aromatic carbocycles. The third-order valence-corrected chi connectivity index (χ3v) is 6.42. The van der Waals surface area contributed by atoms with E-state index in [9.17, 15) is 14.4 Å². The quantitative estimate of drug-likeness (QED) is 0.487. The van der Waals surface area contributed by atoms with Gasteiger partial charge in [-0.2, -0.15) is 0 Å². The molecule has 0 fully saturated rings. The van der Waals surface area contributed by atoms with Crippen molar-refractivity contribution < 1.29 is 19.1 Å². The number of rotatable bonds is 5. The molecule has 0 bridgehead atoms. The lowest BCUT2D eigenvalue weighted by atomic mass is 10.0. The molecule has 8 heteroatoms. The average Bonchev–Trinajstić information content (AvgIpc) is 3.04. The van der Waals surface area contributed by atoms with Crippen LogP contribution in [0.2, 0.25) is 5.02 Å². The molecule has 1 atom stereocenters. The normalized spacial score (nSPS) is 15.0. The third kappa shape index (κ3) is 5.52. The van der Waals surface area contributed by atoms with Crippen LogP contribution in [0.25, 0.3) is 11.1 Å². The summed E-state index contributed by atoms with van der Waals surface area (Å²) in [5.41, 5.74) is 3.86. The van der Waals surface area contributed by atoms with Crippen LogP contribution in [-0.2, 0) is 16.1 Å². The minimum atomic E-state index is -0.501. The van der Waals surface area contributed by atoms with Crippen molar-refractivity contribution >= 4 is 35.2 Å². The number of ether oxygens (including phenoxy) is 1. The third-order valence-electron chi connectivity index (χ3n) is 6.10. The predicted octanol–water partition coefficient (Wildman–Crippen LogP) is 5.13. The van der Waals surface area contributed by atoms with Crippen molar-refractivity contribution in [3.8, 4) is 11.1 Å². The van der Waals surface area contributed by atoms with Gasteiger partial charge < -0.3 is 19.9 Å². The molecule has 0 aliphatic carbocycles. The number of amides is 3. The standard InChI is InChI=1S/C28H28ClN3O4/c1-3-36-26(33)16-30-28(35)31-18-22-11-7-8-12-25(22)32(17-19(31)2)27(34)23-14-13-21(15-24(23)29)20-9-5-4-6-10-20/h4-15,19H,3,16-18H2,1-2H3,(H,30,35)/t19-/m1/s1. The van der Waals surface area contributed by atoms with Gasteiger partial charge in [-0.3, -0.25) is 9.59 Å². The highest BCUT2D eigenvalue weighted by Gasteiger charge is 2.32. The van der Waals surface area contributed by atoms with Crippen LogP contribution in [0.5, 0.6) is 0 Å². The van der Waals surface area contributed by atoms with Crippen LogP contribution in [0.1, 0.15) is 29.8 Å². The summed E-state index contributed by atoms with van der Waals surface area (Å²) in [4.78, 5) is 41.7. The van der Waals surface area contributed by atoms with E-state index in [1.165, 1.54) is 0 Å². The van der Waals surface area contributed by atoms with Crippen molar-refractivity contribution in [2.45, 2.75) is 26.4 Å². The molecule has 186 valence electrons. The number of benzene rings is 3. The van der Waals surface area contributed by atoms with Crippen molar-refractivity contribution in [1.82, 2.24) is 10.2 Å². The molecule has 3 aromatic rings. The Hall–Kier alpha value is -3.84. The Morgan fingerprint density at radius 1 is 1.00 bits per heavy atom. The number of hydrogen-bond acceptors (Lipinski definition) is 4. The van der Waals surface area contributed by atoms with E-state index < -0.39 is 12.0 Å². The highest BCUT2D eigenvalue weighted by molar-refractivity contribution is 6.35. The molecule has 7 nitrogen and oxygen atoms in total. The maximum atomic E-state index is 13.8. The van der Waals surface area contributed by atoms with Crippen LogP contribution in [0.15, 0.2) is 72.8 Å². The van der Waals surface area contributed by atoms with Crippen molar-refractivity contribution in [3.63, 3.8) is 0 Å². The number of halogens is 1. The summed E-state index contributed by atoms with van der Waals surface area (Å²) in [7, 11) is 0. The van der Waals surface area contributed by atoms with E-state index in [1.54, 1.807) is 28.9 Å². The summed E-state index contributed by atoms with van der Waals surface area (Å²) in [6.07, 6.45) is 0. The molecule has 4 rings (SSSR count). The van der Waals surface area contributed by atoms with Gasteiger partial charge in [-0.1, -0.05) is 66.2 Å². The van der Waals surface area contributed by atoms with Gasteiger partial charge in [0.05, 0.1) is 17.2 Å². The van der Waals surface area contributed by atoms with Gasteiger partial charge in [0.1, 0.15) is 6.54 Å². The molecule has 1 aliphatic heterocycles. The highest BCUT2D eigenvalue weighted by Crippen LogP contribution is 2.31. The van der Waals surface area contributed by atoms with Gasteiger partial charge in [-0.05, 0) is 48.7 Å². The second kappa shape index (κ2) is 11.3. The van der Waals surface area contributed by atoms with E-state index in [0.717, 1.165) is 22.4 Å². The number of anilines is 1. The predicted molar refractivity (Wildman–Crippen MR) is 140 cm³/mol. The molecule has 1 aliphatic rings. The first-order chi connectivity index (χ1) is 17.4. The first-order valence-corrected chi connectivity index (χ1v) is 12.2. The van der Waals surface area contributed by atoms with E-state index in [2.05, 4.69) is 5.32 Å². The zero-order chi connectivity index (χ0) is 25.7. The van der Waals surface area contributed by atoms with E-state index >= 15 is 0 Å². The van der Waals surface area contributed by atoms with Crippen LogP contribution in [0.4, 0.5) is 10.5 Å². The Kier molecular flexibility index (Phi) is 7.90. The number of nitrogens with zero attached hydrogens (tertiary/aromatic N) is 2. The summed E-state index contributed by atoms with van der Waals surface area (Å²) in [5.74, 6) is -0.744. The van der Waals surface area contributed by atoms with E-state index in [-0.39, 0.29) is 38.2 Å². The molecule has 0 aromatic heterocycles. The second-order valence-corrected chi connectivity index (χ2v) is 8.95. The first kappa shape index (κ1) is 25.3. The molecule has 36 heavy (non-hydrogen) atoms. The van der Waals surface area contributed by atoms with Crippen LogP contribution < -0.4 is 10.2 Å². The van der Waals surface area contributed by atoms with Gasteiger partial charge in [-0.25, -0.2) is 4.79 Å². The lowest BCUT2D eigenvalue weighted by molar-refractivity contribution is -0.141. The molecular weight excluding hydrogens is 478 g/mol. The Labute approximate surface area is 215 Å². The smallest absolute Gasteiger partial charge is 0.325 e. The van der Waals surface area contributed by atoms with Gasteiger partial charge >= 0.3 is 12.0 Å². The zero-order valence-electron chi connectivity index (χ0n) is 20.2. The summed E-state index contributed by atoms with van der Waals surface area (Å²) < 4.78 is 4.90. The molecular formula is C28H28ClN3O4. The zero-order valence-corrected chi connectivity index (χ0v) is 21.0. The van der Waals surface area contributed by atoms with Crippen LogP contribution in [0, 0.1) is 0 Å². The Balaban J connectivity index is 1.59. The minimum Gasteiger partial charge on any atom is -0.465 e. The first-order valence-electron chi connectivity index (χ1n) is 11.8. The number of carbonyl (C=O) groups is 3. The monoisotopic (exact) mass is 505 g/mol. The van der Waals surface area contributed by atoms with Gasteiger partial charge in [-0.15, -0.1) is 0 Å². The molecule has 0 saturated carbocycles. The van der Waals surface area contributed by atoms with Crippen molar-refractivity contribution in [3.05, 3.63) is 88.9 Å². The lowest BCUT2D eigenvalue weighted by Crippen LogP contribution is -2.49. The van der Waals surface area contributed by atoms with Crippen LogP contribution in [-0.4, -0.2) is 48.5 Å². The number of fused-ring (bicyclic) bond motifs is 1. The minimum absolute atomic E-state index is 0.219. The fraction of sp³-hybridized carbons (Fsp3) is 0.250. The number of esters is 1. The highest BCUT2D eigenvalue weighted by atomic mass is 35.5. The number of hydrogen-bond donors (Lipinski definition) is 1. The molecule has 3 amide bonds. The second-order valence-electron chi connectivity index (χ2n) is 8.55. The summed E-state index contributed by atoms with van der Waals surface area (Å²) >= 11 is 6.61. The summed E-state index contributed by atoms with van der Waals surface area (Å²) in [6.45, 7) is 4.16. The number of carbonyl (C=O) groups excluding carboxylic acids is 3. The summed E-state index contributed by atoms with van der Waals surface area (Å²) in [6, 6.07) is 22.0. The molecule has 0 unspecified atom stereocenters. The van der Waals surface area contributed by atoms with Crippen molar-refractivity contribution in [1.29, 1.82) is 0 Å². The fourth-order valence-corrected chi connectivity index (χ4v) is 4.54. The molecule has 0 spiro atoms. The Morgan fingerprint density at radius 2 is 1.72 bits per heavy atom.